The van der Waals surface area contributed by atoms with Crippen LogP contribution in [-0.2, 0) is 12.0 Å². The van der Waals surface area contributed by atoms with Crippen molar-refractivity contribution >= 4 is 23.2 Å². The van der Waals surface area contributed by atoms with Crippen LogP contribution in [0.3, 0.4) is 0 Å². The number of hydrogen-bond donors (Lipinski definition) is 0. The molecule has 0 aliphatic heterocycles. The molecule has 0 spiro atoms. The van der Waals surface area contributed by atoms with Crippen molar-refractivity contribution in [2.24, 2.45) is 0 Å². The molecule has 1 aromatic heterocycles. The van der Waals surface area contributed by atoms with Crippen molar-refractivity contribution in [1.82, 2.24) is 9.55 Å². The Balaban J connectivity index is 1.67. The Morgan fingerprint density at radius 2 is 1.82 bits per heavy atom. The predicted molar refractivity (Wildman–Crippen MR) is 117 cm³/mol. The standard InChI is InChI=1S/C23H26Cl2N2O/c1-23(2,3)18-4-7-20(8-5-18)28-13-10-17(15-27-12-11-26-16-27)21-9-6-19(24)14-22(21)25/h4-9,11-12,14,16-17H,10,13,15H2,1-3H3. The lowest BCUT2D eigenvalue weighted by Crippen LogP contribution is -2.13. The van der Waals surface area contributed by atoms with Crippen LogP contribution in [0.25, 0.3) is 0 Å². The molecule has 3 aromatic rings. The fourth-order valence-electron chi connectivity index (χ4n) is 3.20. The molecule has 1 heterocycles. The maximum absolute atomic E-state index is 6.47. The fraction of sp³-hybridized carbons (Fsp3) is 0.348. The number of rotatable bonds is 7. The van der Waals surface area contributed by atoms with E-state index in [-0.39, 0.29) is 11.3 Å². The molecule has 1 unspecified atom stereocenters. The van der Waals surface area contributed by atoms with E-state index >= 15 is 0 Å². The number of halogens is 2. The number of hydrogen-bond acceptors (Lipinski definition) is 2. The van der Waals surface area contributed by atoms with Gasteiger partial charge >= 0.3 is 0 Å². The van der Waals surface area contributed by atoms with Gasteiger partial charge in [0.25, 0.3) is 0 Å². The Bertz CT molecular complexity index is 884. The average molecular weight is 417 g/mol. The van der Waals surface area contributed by atoms with Gasteiger partial charge in [-0.15, -0.1) is 0 Å². The van der Waals surface area contributed by atoms with Gasteiger partial charge in [-0.1, -0.05) is 62.2 Å². The number of benzene rings is 2. The van der Waals surface area contributed by atoms with Crippen molar-refractivity contribution in [3.63, 3.8) is 0 Å². The zero-order chi connectivity index (χ0) is 20.1. The molecule has 0 aliphatic rings. The van der Waals surface area contributed by atoms with Gasteiger partial charge in [-0.05, 0) is 47.2 Å². The van der Waals surface area contributed by atoms with Gasteiger partial charge in [-0.25, -0.2) is 4.98 Å². The van der Waals surface area contributed by atoms with E-state index in [1.54, 1.807) is 12.3 Å². The molecule has 0 saturated carbocycles. The maximum atomic E-state index is 6.47. The molecule has 0 bridgehead atoms. The summed E-state index contributed by atoms with van der Waals surface area (Å²) in [4.78, 5) is 4.14. The Hall–Kier alpha value is -1.97. The largest absolute Gasteiger partial charge is 0.494 e. The molecular formula is C23H26Cl2N2O. The number of aromatic nitrogens is 2. The number of ether oxygens (including phenoxy) is 1. The SMILES string of the molecule is CC(C)(C)c1ccc(OCCC(Cn2ccnc2)c2ccc(Cl)cc2Cl)cc1. The lowest BCUT2D eigenvalue weighted by Gasteiger charge is -2.21. The van der Waals surface area contributed by atoms with Gasteiger partial charge in [0.05, 0.1) is 12.9 Å². The third kappa shape index (κ3) is 5.52. The summed E-state index contributed by atoms with van der Waals surface area (Å²) < 4.78 is 8.08. The van der Waals surface area contributed by atoms with Crippen molar-refractivity contribution in [3.05, 3.63) is 82.4 Å². The van der Waals surface area contributed by atoms with Gasteiger partial charge in [0.2, 0.25) is 0 Å². The predicted octanol–water partition coefficient (Wildman–Crippen LogP) is 6.74. The lowest BCUT2D eigenvalue weighted by molar-refractivity contribution is 0.291. The van der Waals surface area contributed by atoms with Crippen LogP contribution < -0.4 is 4.74 Å². The zero-order valence-corrected chi connectivity index (χ0v) is 18.0. The second-order valence-corrected chi connectivity index (χ2v) is 8.88. The first-order valence-corrected chi connectivity index (χ1v) is 10.2. The van der Waals surface area contributed by atoms with Gasteiger partial charge in [0.15, 0.2) is 0 Å². The summed E-state index contributed by atoms with van der Waals surface area (Å²) in [5.74, 6) is 1.09. The minimum absolute atomic E-state index is 0.139. The molecule has 3 nitrogen and oxygen atoms in total. The molecule has 148 valence electrons. The molecule has 28 heavy (non-hydrogen) atoms. The van der Waals surface area contributed by atoms with E-state index < -0.39 is 0 Å². The van der Waals surface area contributed by atoms with Crippen LogP contribution in [0.4, 0.5) is 0 Å². The minimum Gasteiger partial charge on any atom is -0.494 e. The zero-order valence-electron chi connectivity index (χ0n) is 16.5. The van der Waals surface area contributed by atoms with Crippen LogP contribution in [0.2, 0.25) is 10.0 Å². The van der Waals surface area contributed by atoms with Crippen molar-refractivity contribution in [1.29, 1.82) is 0 Å². The van der Waals surface area contributed by atoms with Crippen LogP contribution in [-0.4, -0.2) is 16.2 Å². The first kappa shape index (κ1) is 20.8. The maximum Gasteiger partial charge on any atom is 0.119 e. The summed E-state index contributed by atoms with van der Waals surface area (Å²) in [6, 6.07) is 14.0. The Kier molecular flexibility index (Phi) is 6.69. The van der Waals surface area contributed by atoms with Crippen molar-refractivity contribution in [3.8, 4) is 5.75 Å². The monoisotopic (exact) mass is 416 g/mol. The molecule has 0 N–H and O–H groups in total. The highest BCUT2D eigenvalue weighted by atomic mass is 35.5. The molecule has 0 fully saturated rings. The average Bonchev–Trinajstić information content (AvgIpc) is 3.14. The van der Waals surface area contributed by atoms with Crippen molar-refractivity contribution in [2.75, 3.05) is 6.61 Å². The van der Waals surface area contributed by atoms with Gasteiger partial charge < -0.3 is 9.30 Å². The van der Waals surface area contributed by atoms with Crippen molar-refractivity contribution < 1.29 is 4.74 Å². The van der Waals surface area contributed by atoms with Gasteiger partial charge in [-0.2, -0.15) is 0 Å². The highest BCUT2D eigenvalue weighted by Gasteiger charge is 2.17. The summed E-state index contributed by atoms with van der Waals surface area (Å²) in [6.45, 7) is 8.01. The molecule has 0 aliphatic carbocycles. The lowest BCUT2D eigenvalue weighted by atomic mass is 9.87. The van der Waals surface area contributed by atoms with Crippen LogP contribution in [0.5, 0.6) is 5.75 Å². The highest BCUT2D eigenvalue weighted by Crippen LogP contribution is 2.31. The summed E-state index contributed by atoms with van der Waals surface area (Å²) in [7, 11) is 0. The van der Waals surface area contributed by atoms with E-state index in [1.165, 1.54) is 5.56 Å². The van der Waals surface area contributed by atoms with E-state index in [0.717, 1.165) is 24.3 Å². The third-order valence-corrected chi connectivity index (χ3v) is 5.41. The van der Waals surface area contributed by atoms with E-state index in [1.807, 2.05) is 36.8 Å². The molecule has 3 rings (SSSR count). The third-order valence-electron chi connectivity index (χ3n) is 4.85. The van der Waals surface area contributed by atoms with Crippen LogP contribution >= 0.6 is 23.2 Å². The smallest absolute Gasteiger partial charge is 0.119 e. The molecule has 0 radical (unpaired) electrons. The van der Waals surface area contributed by atoms with Crippen LogP contribution in [0, 0.1) is 0 Å². The minimum atomic E-state index is 0.139. The Morgan fingerprint density at radius 3 is 2.43 bits per heavy atom. The second-order valence-electron chi connectivity index (χ2n) is 8.03. The molecule has 0 amide bonds. The Morgan fingerprint density at radius 1 is 1.07 bits per heavy atom. The Labute approximate surface area is 177 Å². The van der Waals surface area contributed by atoms with Crippen molar-refractivity contribution in [2.45, 2.75) is 45.1 Å². The van der Waals surface area contributed by atoms with Crippen LogP contribution in [0.1, 0.15) is 44.2 Å². The molecule has 1 atom stereocenters. The fourth-order valence-corrected chi connectivity index (χ4v) is 3.76. The summed E-state index contributed by atoms with van der Waals surface area (Å²) in [5.41, 5.74) is 2.51. The summed E-state index contributed by atoms with van der Waals surface area (Å²) in [5, 5.41) is 1.33. The van der Waals surface area contributed by atoms with E-state index in [0.29, 0.717) is 16.7 Å². The normalized spacial score (nSPS) is 12.8. The number of nitrogens with zero attached hydrogens (tertiary/aromatic N) is 2. The topological polar surface area (TPSA) is 27.1 Å². The molecule has 2 aromatic carbocycles. The van der Waals surface area contributed by atoms with Crippen LogP contribution in [0.15, 0.2) is 61.2 Å². The molecular weight excluding hydrogens is 391 g/mol. The molecule has 5 heteroatoms. The van der Waals surface area contributed by atoms with Gasteiger partial charge in [-0.3, -0.25) is 0 Å². The first-order chi connectivity index (χ1) is 13.3. The van der Waals surface area contributed by atoms with E-state index in [9.17, 15) is 0 Å². The summed E-state index contributed by atoms with van der Waals surface area (Å²) >= 11 is 12.5. The van der Waals surface area contributed by atoms with Gasteiger partial charge in [0.1, 0.15) is 5.75 Å². The first-order valence-electron chi connectivity index (χ1n) is 9.47. The number of imidazole rings is 1. The van der Waals surface area contributed by atoms with E-state index in [2.05, 4.69) is 42.5 Å². The molecule has 0 saturated heterocycles. The van der Waals surface area contributed by atoms with Gasteiger partial charge in [0, 0.05) is 34.9 Å². The van der Waals surface area contributed by atoms with E-state index in [4.69, 9.17) is 27.9 Å². The quantitative estimate of drug-likeness (QED) is 0.426. The highest BCUT2D eigenvalue weighted by molar-refractivity contribution is 6.35. The second kappa shape index (κ2) is 9.02. The summed E-state index contributed by atoms with van der Waals surface area (Å²) in [6.07, 6.45) is 6.40.